The molecule has 2 aromatic carbocycles. The minimum atomic E-state index is -1.12. The quantitative estimate of drug-likeness (QED) is 0.722. The van der Waals surface area contributed by atoms with E-state index in [-0.39, 0.29) is 18.4 Å². The van der Waals surface area contributed by atoms with Gasteiger partial charge in [-0.25, -0.2) is 9.37 Å². The summed E-state index contributed by atoms with van der Waals surface area (Å²) >= 11 is 0. The molecule has 0 radical (unpaired) electrons. The monoisotopic (exact) mass is 369 g/mol. The normalized spacial score (nSPS) is 11.1. The Labute approximate surface area is 155 Å². The number of aliphatic carboxylic acids is 1. The van der Waals surface area contributed by atoms with E-state index >= 15 is 0 Å². The van der Waals surface area contributed by atoms with Crippen molar-refractivity contribution in [2.45, 2.75) is 26.4 Å². The summed E-state index contributed by atoms with van der Waals surface area (Å²) in [6.07, 6.45) is 1.72. The molecule has 0 fully saturated rings. The molecule has 0 saturated carbocycles. The van der Waals surface area contributed by atoms with Crippen molar-refractivity contribution in [2.24, 2.45) is 0 Å². The molecule has 0 saturated heterocycles. The van der Waals surface area contributed by atoms with Gasteiger partial charge in [-0.2, -0.15) is 0 Å². The van der Waals surface area contributed by atoms with Crippen LogP contribution in [0.4, 0.5) is 4.39 Å². The number of halogens is 1. The summed E-state index contributed by atoms with van der Waals surface area (Å²) < 4.78 is 15.1. The maximum Gasteiger partial charge on any atom is 0.323 e. The Morgan fingerprint density at radius 2 is 1.89 bits per heavy atom. The van der Waals surface area contributed by atoms with Gasteiger partial charge in [-0.3, -0.25) is 9.59 Å². The number of carbonyl (C=O) groups excluding carboxylic acids is 1. The van der Waals surface area contributed by atoms with Crippen molar-refractivity contribution >= 4 is 22.9 Å². The van der Waals surface area contributed by atoms with Gasteiger partial charge >= 0.3 is 5.97 Å². The van der Waals surface area contributed by atoms with Crippen LogP contribution >= 0.6 is 0 Å². The van der Waals surface area contributed by atoms with Crippen molar-refractivity contribution in [3.8, 4) is 0 Å². The highest BCUT2D eigenvalue weighted by molar-refractivity contribution is 5.98. The number of hydrogen-bond acceptors (Lipinski definition) is 3. The Morgan fingerprint density at radius 3 is 2.52 bits per heavy atom. The zero-order valence-electron chi connectivity index (χ0n) is 15.1. The van der Waals surface area contributed by atoms with Crippen molar-refractivity contribution in [1.29, 1.82) is 0 Å². The van der Waals surface area contributed by atoms with Crippen LogP contribution in [0, 0.1) is 5.82 Å². The Kier molecular flexibility index (Phi) is 5.21. The third-order valence-corrected chi connectivity index (χ3v) is 4.28. The van der Waals surface area contributed by atoms with Crippen LogP contribution in [0.3, 0.4) is 0 Å². The molecule has 0 unspecified atom stereocenters. The third kappa shape index (κ3) is 4.13. The Hall–Kier alpha value is -3.22. The second kappa shape index (κ2) is 7.57. The highest BCUT2D eigenvalue weighted by Gasteiger charge is 2.20. The lowest BCUT2D eigenvalue weighted by Crippen LogP contribution is -2.35. The fourth-order valence-corrected chi connectivity index (χ4v) is 2.93. The first-order valence-corrected chi connectivity index (χ1v) is 8.57. The molecule has 3 rings (SSSR count). The summed E-state index contributed by atoms with van der Waals surface area (Å²) in [5.41, 5.74) is 2.59. The Balaban J connectivity index is 1.89. The summed E-state index contributed by atoms with van der Waals surface area (Å²) in [5, 5.41) is 9.17. The van der Waals surface area contributed by atoms with E-state index in [1.807, 2.05) is 24.5 Å². The average Bonchev–Trinajstić information content (AvgIpc) is 3.05. The predicted octanol–water partition coefficient (Wildman–Crippen LogP) is 3.48. The molecule has 3 aromatic rings. The van der Waals surface area contributed by atoms with E-state index < -0.39 is 18.4 Å². The zero-order valence-corrected chi connectivity index (χ0v) is 15.1. The van der Waals surface area contributed by atoms with E-state index in [9.17, 15) is 14.0 Å². The van der Waals surface area contributed by atoms with Crippen LogP contribution in [0.2, 0.25) is 0 Å². The zero-order chi connectivity index (χ0) is 19.6. The van der Waals surface area contributed by atoms with Gasteiger partial charge in [0.25, 0.3) is 5.91 Å². The maximum absolute atomic E-state index is 13.1. The van der Waals surface area contributed by atoms with Crippen molar-refractivity contribution in [2.75, 3.05) is 6.54 Å². The van der Waals surface area contributed by atoms with Gasteiger partial charge in [0.15, 0.2) is 0 Å². The van der Waals surface area contributed by atoms with Gasteiger partial charge in [0.2, 0.25) is 0 Å². The third-order valence-electron chi connectivity index (χ3n) is 4.28. The molecule has 1 aromatic heterocycles. The molecule has 1 amide bonds. The molecular formula is C20H20FN3O3. The van der Waals surface area contributed by atoms with Crippen LogP contribution in [0.25, 0.3) is 11.0 Å². The molecule has 0 aliphatic rings. The highest BCUT2D eigenvalue weighted by atomic mass is 19.1. The molecule has 140 valence electrons. The number of rotatable bonds is 6. The minimum absolute atomic E-state index is 0.0733. The molecule has 0 atom stereocenters. The van der Waals surface area contributed by atoms with E-state index in [1.54, 1.807) is 18.5 Å². The molecule has 0 aliphatic carbocycles. The number of amides is 1. The number of carbonyl (C=O) groups is 2. The molecule has 27 heavy (non-hydrogen) atoms. The molecule has 1 heterocycles. The van der Waals surface area contributed by atoms with E-state index in [4.69, 9.17) is 5.11 Å². The summed E-state index contributed by atoms with van der Waals surface area (Å²) in [6.45, 7) is 3.70. The van der Waals surface area contributed by atoms with Gasteiger partial charge in [0.05, 0.1) is 17.4 Å². The van der Waals surface area contributed by atoms with Crippen LogP contribution in [-0.4, -0.2) is 38.0 Å². The summed E-state index contributed by atoms with van der Waals surface area (Å²) in [7, 11) is 0. The number of hydrogen-bond donors (Lipinski definition) is 1. The number of aromatic nitrogens is 2. The van der Waals surface area contributed by atoms with Crippen molar-refractivity contribution < 1.29 is 19.1 Å². The molecule has 7 heteroatoms. The molecule has 0 spiro atoms. The van der Waals surface area contributed by atoms with Gasteiger partial charge in [0.1, 0.15) is 12.4 Å². The predicted molar refractivity (Wildman–Crippen MR) is 98.9 cm³/mol. The van der Waals surface area contributed by atoms with Crippen LogP contribution in [0.5, 0.6) is 0 Å². The van der Waals surface area contributed by atoms with Gasteiger partial charge < -0.3 is 14.6 Å². The number of imidazole rings is 1. The van der Waals surface area contributed by atoms with Crippen LogP contribution in [0.1, 0.15) is 35.8 Å². The fourth-order valence-electron chi connectivity index (χ4n) is 2.93. The number of benzene rings is 2. The fraction of sp³-hybridized carbons (Fsp3) is 0.250. The van der Waals surface area contributed by atoms with Crippen molar-refractivity contribution in [3.05, 3.63) is 65.7 Å². The highest BCUT2D eigenvalue weighted by Crippen LogP contribution is 2.20. The first-order valence-electron chi connectivity index (χ1n) is 8.57. The smallest absolute Gasteiger partial charge is 0.323 e. The van der Waals surface area contributed by atoms with Gasteiger partial charge in [0, 0.05) is 18.2 Å². The largest absolute Gasteiger partial charge is 0.480 e. The first kappa shape index (κ1) is 18.6. The Bertz CT molecular complexity index is 980. The van der Waals surface area contributed by atoms with Crippen LogP contribution < -0.4 is 0 Å². The van der Waals surface area contributed by atoms with E-state index in [0.29, 0.717) is 16.6 Å². The standard InChI is InChI=1S/C20H20FN3O3/c1-13(2)24-12-22-17-9-15(5-8-18(17)24)20(27)23(11-19(25)26)10-14-3-6-16(21)7-4-14/h3-9,12-13H,10-11H2,1-2H3,(H,25,26). The van der Waals surface area contributed by atoms with Crippen molar-refractivity contribution in [3.63, 3.8) is 0 Å². The molecule has 0 aliphatic heterocycles. The number of nitrogens with zero attached hydrogens (tertiary/aromatic N) is 3. The second-order valence-electron chi connectivity index (χ2n) is 6.63. The SMILES string of the molecule is CC(C)n1cnc2cc(C(=O)N(CC(=O)O)Cc3ccc(F)cc3)ccc21. The average molecular weight is 369 g/mol. The van der Waals surface area contributed by atoms with E-state index in [0.717, 1.165) is 5.52 Å². The summed E-state index contributed by atoms with van der Waals surface area (Å²) in [4.78, 5) is 29.7. The maximum atomic E-state index is 13.1. The lowest BCUT2D eigenvalue weighted by atomic mass is 10.1. The van der Waals surface area contributed by atoms with Gasteiger partial charge in [-0.1, -0.05) is 12.1 Å². The lowest BCUT2D eigenvalue weighted by Gasteiger charge is -2.21. The summed E-state index contributed by atoms with van der Waals surface area (Å²) in [5.74, 6) is -1.92. The first-order chi connectivity index (χ1) is 12.8. The summed E-state index contributed by atoms with van der Waals surface area (Å²) in [6, 6.07) is 11.0. The topological polar surface area (TPSA) is 75.4 Å². The van der Waals surface area contributed by atoms with E-state index in [1.165, 1.54) is 29.2 Å². The van der Waals surface area contributed by atoms with E-state index in [2.05, 4.69) is 4.98 Å². The van der Waals surface area contributed by atoms with Crippen LogP contribution in [-0.2, 0) is 11.3 Å². The second-order valence-corrected chi connectivity index (χ2v) is 6.63. The number of fused-ring (bicyclic) bond motifs is 1. The number of carboxylic acids is 1. The molecular weight excluding hydrogens is 349 g/mol. The number of carboxylic acid groups (broad SMARTS) is 1. The molecule has 1 N–H and O–H groups in total. The van der Waals surface area contributed by atoms with Gasteiger partial charge in [-0.15, -0.1) is 0 Å². The minimum Gasteiger partial charge on any atom is -0.480 e. The molecule has 0 bridgehead atoms. The van der Waals surface area contributed by atoms with Crippen molar-refractivity contribution in [1.82, 2.24) is 14.5 Å². The Morgan fingerprint density at radius 1 is 1.19 bits per heavy atom. The van der Waals surface area contributed by atoms with Crippen LogP contribution in [0.15, 0.2) is 48.8 Å². The molecule has 6 nitrogen and oxygen atoms in total. The lowest BCUT2D eigenvalue weighted by molar-refractivity contribution is -0.137. The van der Waals surface area contributed by atoms with Gasteiger partial charge in [-0.05, 0) is 49.7 Å².